The third kappa shape index (κ3) is 2.84. The maximum absolute atomic E-state index is 11.9. The summed E-state index contributed by atoms with van der Waals surface area (Å²) >= 11 is 2.96. The molecule has 0 atom stereocenters. The molecule has 0 saturated heterocycles. The lowest BCUT2D eigenvalue weighted by atomic mass is 10.2. The molecule has 0 aromatic carbocycles. The number of thiazole rings is 1. The molecule has 21 heavy (non-hydrogen) atoms. The van der Waals surface area contributed by atoms with Crippen LogP contribution >= 0.6 is 23.1 Å². The van der Waals surface area contributed by atoms with Crippen molar-refractivity contribution >= 4 is 28.1 Å². The van der Waals surface area contributed by atoms with Gasteiger partial charge in [0.25, 0.3) is 5.56 Å². The summed E-state index contributed by atoms with van der Waals surface area (Å²) in [6.07, 6.45) is 1.74. The normalized spacial score (nSPS) is 11.2. The van der Waals surface area contributed by atoms with E-state index in [0.717, 1.165) is 32.8 Å². The average Bonchev–Trinajstić information content (AvgIpc) is 2.91. The van der Waals surface area contributed by atoms with Crippen LogP contribution < -0.4 is 5.56 Å². The number of nitrogens with zero attached hydrogens (tertiary/aromatic N) is 4. The van der Waals surface area contributed by atoms with E-state index in [1.54, 1.807) is 16.7 Å². The number of hydrogen-bond donors (Lipinski definition) is 0. The molecule has 0 aliphatic heterocycles. The molecule has 3 aromatic rings. The SMILES string of the molecule is Cc1nc(SCc2cc(=O)n3ccsc3n2)nc(C)c1C. The fraction of sp³-hybridized carbons (Fsp3) is 0.286. The van der Waals surface area contributed by atoms with E-state index in [4.69, 9.17) is 0 Å². The molecule has 0 aliphatic carbocycles. The molecule has 5 nitrogen and oxygen atoms in total. The summed E-state index contributed by atoms with van der Waals surface area (Å²) in [6, 6.07) is 1.57. The van der Waals surface area contributed by atoms with Gasteiger partial charge >= 0.3 is 0 Å². The van der Waals surface area contributed by atoms with Crippen LogP contribution in [0.25, 0.3) is 4.96 Å². The summed E-state index contributed by atoms with van der Waals surface area (Å²) < 4.78 is 1.55. The minimum absolute atomic E-state index is 0.0472. The van der Waals surface area contributed by atoms with Gasteiger partial charge in [0.1, 0.15) is 0 Å². The van der Waals surface area contributed by atoms with Crippen molar-refractivity contribution < 1.29 is 0 Å². The molecule has 0 amide bonds. The first-order valence-corrected chi connectivity index (χ1v) is 8.31. The number of aromatic nitrogens is 4. The highest BCUT2D eigenvalue weighted by Gasteiger charge is 2.08. The van der Waals surface area contributed by atoms with E-state index in [-0.39, 0.29) is 5.56 Å². The first kappa shape index (κ1) is 14.2. The van der Waals surface area contributed by atoms with Crippen molar-refractivity contribution in [3.8, 4) is 0 Å². The number of hydrogen-bond acceptors (Lipinski definition) is 6. The quantitative estimate of drug-likeness (QED) is 0.549. The summed E-state index contributed by atoms with van der Waals surface area (Å²) in [7, 11) is 0. The largest absolute Gasteiger partial charge is 0.269 e. The zero-order chi connectivity index (χ0) is 15.0. The van der Waals surface area contributed by atoms with Crippen LogP contribution in [0.2, 0.25) is 0 Å². The van der Waals surface area contributed by atoms with Crippen LogP contribution in [0.5, 0.6) is 0 Å². The molecular weight excluding hydrogens is 304 g/mol. The van der Waals surface area contributed by atoms with Crippen molar-refractivity contribution in [2.24, 2.45) is 0 Å². The molecule has 3 heterocycles. The predicted molar refractivity (Wildman–Crippen MR) is 85.1 cm³/mol. The zero-order valence-corrected chi connectivity index (χ0v) is 13.6. The van der Waals surface area contributed by atoms with Gasteiger partial charge in [-0.2, -0.15) is 0 Å². The Morgan fingerprint density at radius 2 is 1.90 bits per heavy atom. The monoisotopic (exact) mass is 318 g/mol. The van der Waals surface area contributed by atoms with Gasteiger partial charge in [0.2, 0.25) is 0 Å². The Kier molecular flexibility index (Phi) is 3.77. The van der Waals surface area contributed by atoms with Crippen molar-refractivity contribution in [1.29, 1.82) is 0 Å². The molecular formula is C14H14N4OS2. The van der Waals surface area contributed by atoms with Crippen LogP contribution in [0.15, 0.2) is 27.6 Å². The van der Waals surface area contributed by atoms with Crippen LogP contribution in [0, 0.1) is 20.8 Å². The van der Waals surface area contributed by atoms with Crippen LogP contribution in [0.4, 0.5) is 0 Å². The average molecular weight is 318 g/mol. The highest BCUT2D eigenvalue weighted by Crippen LogP contribution is 2.20. The van der Waals surface area contributed by atoms with Crippen LogP contribution in [-0.4, -0.2) is 19.4 Å². The lowest BCUT2D eigenvalue weighted by Gasteiger charge is -2.06. The highest BCUT2D eigenvalue weighted by molar-refractivity contribution is 7.98. The van der Waals surface area contributed by atoms with Gasteiger partial charge in [-0.15, -0.1) is 11.3 Å². The van der Waals surface area contributed by atoms with Crippen molar-refractivity contribution in [1.82, 2.24) is 19.4 Å². The Balaban J connectivity index is 1.85. The van der Waals surface area contributed by atoms with Gasteiger partial charge in [0.05, 0.1) is 5.69 Å². The van der Waals surface area contributed by atoms with E-state index in [1.165, 1.54) is 23.1 Å². The van der Waals surface area contributed by atoms with Crippen LogP contribution in [0.3, 0.4) is 0 Å². The van der Waals surface area contributed by atoms with Gasteiger partial charge in [-0.05, 0) is 26.3 Å². The van der Waals surface area contributed by atoms with Gasteiger partial charge in [-0.3, -0.25) is 9.20 Å². The number of rotatable bonds is 3. The third-order valence-electron chi connectivity index (χ3n) is 3.32. The van der Waals surface area contributed by atoms with Gasteiger partial charge in [-0.1, -0.05) is 11.8 Å². The summed E-state index contributed by atoms with van der Waals surface area (Å²) in [6.45, 7) is 5.99. The fourth-order valence-corrected chi connectivity index (χ4v) is 3.47. The van der Waals surface area contributed by atoms with E-state index >= 15 is 0 Å². The molecule has 0 N–H and O–H groups in total. The maximum Gasteiger partial charge on any atom is 0.258 e. The fourth-order valence-electron chi connectivity index (χ4n) is 1.91. The summed E-state index contributed by atoms with van der Waals surface area (Å²) in [5.41, 5.74) is 3.81. The van der Waals surface area contributed by atoms with Crippen molar-refractivity contribution in [2.45, 2.75) is 31.7 Å². The van der Waals surface area contributed by atoms with Crippen LogP contribution in [-0.2, 0) is 5.75 Å². The summed E-state index contributed by atoms with van der Waals surface area (Å²) in [5, 5.41) is 2.58. The molecule has 0 fully saturated rings. The Labute approximate surface area is 130 Å². The minimum atomic E-state index is -0.0472. The molecule has 0 bridgehead atoms. The Morgan fingerprint density at radius 3 is 2.62 bits per heavy atom. The van der Waals surface area contributed by atoms with Crippen LogP contribution in [0.1, 0.15) is 22.6 Å². The summed E-state index contributed by atoms with van der Waals surface area (Å²) in [4.78, 5) is 26.0. The molecule has 3 rings (SSSR count). The molecule has 0 aliphatic rings. The first-order chi connectivity index (χ1) is 10.0. The van der Waals surface area contributed by atoms with E-state index in [9.17, 15) is 4.79 Å². The van der Waals surface area contributed by atoms with Gasteiger partial charge in [0, 0.05) is 34.8 Å². The highest BCUT2D eigenvalue weighted by atomic mass is 32.2. The first-order valence-electron chi connectivity index (χ1n) is 6.45. The van der Waals surface area contributed by atoms with Crippen molar-refractivity contribution in [3.05, 3.63) is 50.6 Å². The minimum Gasteiger partial charge on any atom is -0.269 e. The Hall–Kier alpha value is -1.73. The molecule has 0 radical (unpaired) electrons. The zero-order valence-electron chi connectivity index (χ0n) is 12.0. The van der Waals surface area contributed by atoms with E-state index in [1.807, 2.05) is 26.2 Å². The third-order valence-corrected chi connectivity index (χ3v) is 4.95. The smallest absolute Gasteiger partial charge is 0.258 e. The standard InChI is InChI=1S/C14H14N4OS2/c1-8-9(2)15-13(16-10(8)3)21-7-11-6-12(19)18-4-5-20-14(18)17-11/h4-6H,7H2,1-3H3. The predicted octanol–water partition coefficient (Wildman–Crippen LogP) is 2.76. The Morgan fingerprint density at radius 1 is 1.19 bits per heavy atom. The molecule has 108 valence electrons. The second-order valence-corrected chi connectivity index (χ2v) is 6.55. The lowest BCUT2D eigenvalue weighted by Crippen LogP contribution is -2.12. The molecule has 0 unspecified atom stereocenters. The summed E-state index contributed by atoms with van der Waals surface area (Å²) in [5.74, 6) is 0.589. The van der Waals surface area contributed by atoms with Gasteiger partial charge in [-0.25, -0.2) is 15.0 Å². The van der Waals surface area contributed by atoms with Crippen molar-refractivity contribution in [3.63, 3.8) is 0 Å². The topological polar surface area (TPSA) is 60.2 Å². The van der Waals surface area contributed by atoms with E-state index in [2.05, 4.69) is 15.0 Å². The number of aryl methyl sites for hydroxylation is 2. The lowest BCUT2D eigenvalue weighted by molar-refractivity contribution is 0.879. The van der Waals surface area contributed by atoms with E-state index < -0.39 is 0 Å². The van der Waals surface area contributed by atoms with Gasteiger partial charge < -0.3 is 0 Å². The molecule has 0 spiro atoms. The molecule has 0 saturated carbocycles. The molecule has 3 aromatic heterocycles. The van der Waals surface area contributed by atoms with Gasteiger partial charge in [0.15, 0.2) is 10.1 Å². The maximum atomic E-state index is 11.9. The van der Waals surface area contributed by atoms with Crippen molar-refractivity contribution in [2.75, 3.05) is 0 Å². The second-order valence-electron chi connectivity index (χ2n) is 4.73. The number of thioether (sulfide) groups is 1. The second kappa shape index (κ2) is 5.57. The number of fused-ring (bicyclic) bond motifs is 1. The van der Waals surface area contributed by atoms with E-state index in [0.29, 0.717) is 5.75 Å². The Bertz CT molecular complexity index is 846. The molecule has 7 heteroatoms.